The van der Waals surface area contributed by atoms with Gasteiger partial charge in [0.25, 0.3) is 0 Å². The van der Waals surface area contributed by atoms with Gasteiger partial charge in [0.2, 0.25) is 23.6 Å². The molecule has 1 aliphatic rings. The number of nitrogens with zero attached hydrogens (tertiary/aromatic N) is 4. The number of carbonyl (C=O) groups is 5. The fourth-order valence-electron chi connectivity index (χ4n) is 8.20. The molecule has 2 aromatic rings. The third-order valence-electron chi connectivity index (χ3n) is 11.5. The summed E-state index contributed by atoms with van der Waals surface area (Å²) in [5, 5.41) is 5.71. The lowest BCUT2D eigenvalue weighted by Gasteiger charge is -2.39. The van der Waals surface area contributed by atoms with E-state index in [1.165, 1.54) is 21.3 Å². The fourth-order valence-corrected chi connectivity index (χ4v) is 8.20. The second-order valence-corrected chi connectivity index (χ2v) is 15.8. The van der Waals surface area contributed by atoms with Crippen LogP contribution in [0.1, 0.15) is 71.4 Å². The van der Waals surface area contributed by atoms with E-state index >= 15 is 0 Å². The standard InChI is InChI=1S/C43H67N7O8/c1-11-28(4)39(49(7)37(52)25-46-42(54)38(27(2)3)48(6)26-31-19-20-45-35(44)23-31)34(56-8)24-36(51)50-21-15-18-33(50)40(57-9)29(5)41(53)47-32(43(55)58-10)22-30-16-13-12-14-17-30/h12-14,16-17,19-20,23,27-29,32-34,38-40H,11,15,18,21-22,24-26H2,1-10H3,(H2,44,45)(H,46,54)(H,47,53). The van der Waals surface area contributed by atoms with Crippen LogP contribution in [0.5, 0.6) is 0 Å². The molecule has 0 aliphatic carbocycles. The molecule has 1 saturated heterocycles. The Labute approximate surface area is 344 Å². The number of hydrogen-bond donors (Lipinski definition) is 3. The van der Waals surface area contributed by atoms with E-state index in [9.17, 15) is 24.0 Å². The average molecular weight is 810 g/mol. The zero-order chi connectivity index (χ0) is 43.1. The first-order valence-electron chi connectivity index (χ1n) is 20.3. The predicted octanol–water partition coefficient (Wildman–Crippen LogP) is 3.06. The number of nitrogen functional groups attached to an aromatic ring is 1. The third kappa shape index (κ3) is 13.0. The van der Waals surface area contributed by atoms with Crippen molar-refractivity contribution >= 4 is 35.4 Å². The van der Waals surface area contributed by atoms with Crippen LogP contribution in [0.3, 0.4) is 0 Å². The van der Waals surface area contributed by atoms with Crippen LogP contribution < -0.4 is 16.4 Å². The molecule has 4 N–H and O–H groups in total. The Morgan fingerprint density at radius 1 is 0.966 bits per heavy atom. The summed E-state index contributed by atoms with van der Waals surface area (Å²) in [4.78, 5) is 77.1. The molecule has 3 rings (SSSR count). The summed E-state index contributed by atoms with van der Waals surface area (Å²) in [7, 11) is 7.88. The van der Waals surface area contributed by atoms with Gasteiger partial charge in [-0.05, 0) is 55.0 Å². The van der Waals surface area contributed by atoms with Gasteiger partial charge in [-0.1, -0.05) is 71.4 Å². The van der Waals surface area contributed by atoms with E-state index in [0.717, 1.165) is 17.5 Å². The minimum absolute atomic E-state index is 0.00970. The van der Waals surface area contributed by atoms with Crippen molar-refractivity contribution < 1.29 is 38.2 Å². The van der Waals surface area contributed by atoms with Gasteiger partial charge >= 0.3 is 5.97 Å². The van der Waals surface area contributed by atoms with Gasteiger partial charge in [-0.2, -0.15) is 0 Å². The van der Waals surface area contributed by atoms with Crippen LogP contribution in [0.15, 0.2) is 48.7 Å². The molecule has 1 aromatic heterocycles. The minimum atomic E-state index is -0.898. The quantitative estimate of drug-likeness (QED) is 0.149. The number of likely N-dealkylation sites (N-methyl/N-ethyl adjacent to an activating group) is 2. The molecule has 8 atom stereocenters. The number of likely N-dealkylation sites (tertiary alicyclic amines) is 1. The monoisotopic (exact) mass is 810 g/mol. The second-order valence-electron chi connectivity index (χ2n) is 15.8. The Balaban J connectivity index is 1.70. The van der Waals surface area contributed by atoms with E-state index in [-0.39, 0.29) is 54.9 Å². The second kappa shape index (κ2) is 23.1. The summed E-state index contributed by atoms with van der Waals surface area (Å²) in [6.45, 7) is 10.4. The Morgan fingerprint density at radius 2 is 1.66 bits per heavy atom. The van der Waals surface area contributed by atoms with Gasteiger partial charge in [0.1, 0.15) is 11.9 Å². The molecule has 1 fully saturated rings. The molecular weight excluding hydrogens is 743 g/mol. The Kier molecular flexibility index (Phi) is 19.0. The van der Waals surface area contributed by atoms with E-state index < -0.39 is 48.3 Å². The van der Waals surface area contributed by atoms with Crippen molar-refractivity contribution in [3.05, 3.63) is 59.8 Å². The number of nitrogens with one attached hydrogen (secondary N) is 2. The van der Waals surface area contributed by atoms with Crippen molar-refractivity contribution in [1.29, 1.82) is 0 Å². The third-order valence-corrected chi connectivity index (χ3v) is 11.5. The molecule has 0 spiro atoms. The molecular formula is C43H67N7O8. The number of amides is 4. The van der Waals surface area contributed by atoms with E-state index in [1.54, 1.807) is 36.0 Å². The number of ether oxygens (including phenoxy) is 3. The van der Waals surface area contributed by atoms with E-state index in [1.807, 2.05) is 76.0 Å². The normalized spacial score (nSPS) is 17.8. The molecule has 0 bridgehead atoms. The highest BCUT2D eigenvalue weighted by atomic mass is 16.5. The molecule has 4 amide bonds. The Hall–Kier alpha value is -4.60. The predicted molar refractivity (Wildman–Crippen MR) is 222 cm³/mol. The number of hydrogen-bond acceptors (Lipinski definition) is 11. The maximum absolute atomic E-state index is 14.2. The Bertz CT molecular complexity index is 1650. The van der Waals surface area contributed by atoms with Crippen LogP contribution in [0.25, 0.3) is 0 Å². The molecule has 58 heavy (non-hydrogen) atoms. The summed E-state index contributed by atoms with van der Waals surface area (Å²) < 4.78 is 16.9. The molecule has 1 aromatic carbocycles. The van der Waals surface area contributed by atoms with Crippen LogP contribution in [-0.4, -0.2) is 134 Å². The number of nitrogens with two attached hydrogens (primary N) is 1. The van der Waals surface area contributed by atoms with Crippen molar-refractivity contribution in [2.24, 2.45) is 17.8 Å². The first-order chi connectivity index (χ1) is 27.6. The number of pyridine rings is 1. The van der Waals surface area contributed by atoms with Gasteiger partial charge < -0.3 is 40.4 Å². The maximum Gasteiger partial charge on any atom is 0.328 e. The summed E-state index contributed by atoms with van der Waals surface area (Å²) in [6, 6.07) is 10.7. The molecule has 8 unspecified atom stereocenters. The van der Waals surface area contributed by atoms with Crippen LogP contribution in [0.2, 0.25) is 0 Å². The minimum Gasteiger partial charge on any atom is -0.467 e. The number of carbonyl (C=O) groups excluding carboxylic acids is 5. The lowest BCUT2D eigenvalue weighted by atomic mass is 9.90. The summed E-state index contributed by atoms with van der Waals surface area (Å²) in [5.41, 5.74) is 7.65. The number of rotatable bonds is 22. The van der Waals surface area contributed by atoms with Gasteiger partial charge in [0, 0.05) is 47.0 Å². The van der Waals surface area contributed by atoms with Crippen molar-refractivity contribution in [1.82, 2.24) is 30.3 Å². The lowest BCUT2D eigenvalue weighted by molar-refractivity contribution is -0.148. The van der Waals surface area contributed by atoms with Crippen molar-refractivity contribution in [2.45, 2.75) is 110 Å². The zero-order valence-corrected chi connectivity index (χ0v) is 36.1. The number of benzene rings is 1. The molecule has 0 saturated carbocycles. The first kappa shape index (κ1) is 47.8. The summed E-state index contributed by atoms with van der Waals surface area (Å²) in [5.74, 6) is -2.10. The van der Waals surface area contributed by atoms with E-state index in [2.05, 4.69) is 15.6 Å². The van der Waals surface area contributed by atoms with Crippen molar-refractivity contribution in [2.75, 3.05) is 54.2 Å². The lowest BCUT2D eigenvalue weighted by Crippen LogP contribution is -2.55. The first-order valence-corrected chi connectivity index (χ1v) is 20.3. The number of anilines is 1. The molecule has 2 heterocycles. The molecule has 1 aliphatic heterocycles. The van der Waals surface area contributed by atoms with E-state index in [0.29, 0.717) is 31.7 Å². The highest BCUT2D eigenvalue weighted by molar-refractivity contribution is 5.88. The smallest absolute Gasteiger partial charge is 0.328 e. The Morgan fingerprint density at radius 3 is 2.24 bits per heavy atom. The zero-order valence-electron chi connectivity index (χ0n) is 36.1. The highest BCUT2D eigenvalue weighted by Crippen LogP contribution is 2.29. The molecule has 0 radical (unpaired) electrons. The van der Waals surface area contributed by atoms with Crippen LogP contribution in [0, 0.1) is 17.8 Å². The highest BCUT2D eigenvalue weighted by Gasteiger charge is 2.42. The van der Waals surface area contributed by atoms with Gasteiger partial charge in [0.05, 0.1) is 56.3 Å². The average Bonchev–Trinajstić information content (AvgIpc) is 3.69. The van der Waals surface area contributed by atoms with Crippen LogP contribution in [0.4, 0.5) is 5.82 Å². The molecule has 15 heteroatoms. The van der Waals surface area contributed by atoms with Gasteiger partial charge in [0.15, 0.2) is 0 Å². The van der Waals surface area contributed by atoms with Gasteiger partial charge in [-0.15, -0.1) is 0 Å². The number of methoxy groups -OCH3 is 3. The summed E-state index contributed by atoms with van der Waals surface area (Å²) >= 11 is 0. The fraction of sp³-hybridized carbons (Fsp3) is 0.628. The summed E-state index contributed by atoms with van der Waals surface area (Å²) in [6.07, 6.45) is 2.63. The van der Waals surface area contributed by atoms with Crippen molar-refractivity contribution in [3.8, 4) is 0 Å². The number of aromatic nitrogens is 1. The maximum atomic E-state index is 14.2. The van der Waals surface area contributed by atoms with E-state index in [4.69, 9.17) is 19.9 Å². The molecule has 322 valence electrons. The largest absolute Gasteiger partial charge is 0.467 e. The SMILES string of the molecule is CCC(C)C(C(CC(=O)N1CCCC1C(OC)C(C)C(=O)NC(Cc1ccccc1)C(=O)OC)OC)N(C)C(=O)CNC(=O)C(C(C)C)N(C)Cc1ccnc(N)c1. The number of esters is 1. The van der Waals surface area contributed by atoms with Crippen molar-refractivity contribution in [3.63, 3.8) is 0 Å². The topological polar surface area (TPSA) is 186 Å². The van der Waals surface area contributed by atoms with Crippen LogP contribution in [-0.2, 0) is 51.1 Å². The van der Waals surface area contributed by atoms with Gasteiger partial charge in [-0.25, -0.2) is 9.78 Å². The van der Waals surface area contributed by atoms with Crippen LogP contribution >= 0.6 is 0 Å². The van der Waals surface area contributed by atoms with Gasteiger partial charge in [-0.3, -0.25) is 24.1 Å². The molecule has 15 nitrogen and oxygen atoms in total.